The number of benzene rings is 2. The topological polar surface area (TPSA) is 91.9 Å². The maximum absolute atomic E-state index is 14.0. The number of hydrogen-bond donors (Lipinski definition) is 2. The highest BCUT2D eigenvalue weighted by Gasteiger charge is 2.47. The first-order chi connectivity index (χ1) is 15.4. The Morgan fingerprint density at radius 3 is 2.66 bits per heavy atom. The number of aliphatic hydroxyl groups excluding tert-OH is 1. The van der Waals surface area contributed by atoms with Crippen LogP contribution in [0.2, 0.25) is 0 Å². The van der Waals surface area contributed by atoms with Crippen LogP contribution in [-0.2, 0) is 14.3 Å². The van der Waals surface area contributed by atoms with Crippen LogP contribution in [0.5, 0.6) is 5.75 Å². The molecular formula is C24H23FN2O5. The number of ketones is 1. The van der Waals surface area contributed by atoms with Crippen molar-refractivity contribution in [3.63, 3.8) is 0 Å². The van der Waals surface area contributed by atoms with Gasteiger partial charge in [-0.3, -0.25) is 9.59 Å². The van der Waals surface area contributed by atoms with E-state index in [2.05, 4.69) is 4.98 Å². The number of halogens is 1. The van der Waals surface area contributed by atoms with Gasteiger partial charge in [-0.25, -0.2) is 4.39 Å². The molecule has 0 aliphatic carbocycles. The first-order valence-electron chi connectivity index (χ1n) is 10.1. The van der Waals surface area contributed by atoms with E-state index in [0.29, 0.717) is 5.56 Å². The van der Waals surface area contributed by atoms with E-state index in [4.69, 9.17) is 9.47 Å². The van der Waals surface area contributed by atoms with Crippen molar-refractivity contribution in [1.82, 2.24) is 9.88 Å². The average molecular weight is 438 g/mol. The minimum Gasteiger partial charge on any atom is -0.507 e. The molecule has 2 heterocycles. The zero-order chi connectivity index (χ0) is 23.0. The van der Waals surface area contributed by atoms with Gasteiger partial charge in [0.1, 0.15) is 17.3 Å². The van der Waals surface area contributed by atoms with E-state index in [0.717, 1.165) is 22.7 Å². The van der Waals surface area contributed by atoms with E-state index in [9.17, 15) is 19.1 Å². The maximum atomic E-state index is 14.0. The number of rotatable bonds is 6. The molecule has 1 aliphatic rings. The van der Waals surface area contributed by atoms with Gasteiger partial charge in [0.25, 0.3) is 11.7 Å². The molecule has 32 heavy (non-hydrogen) atoms. The highest BCUT2D eigenvalue weighted by molar-refractivity contribution is 6.46. The molecule has 1 aliphatic heterocycles. The summed E-state index contributed by atoms with van der Waals surface area (Å²) in [6, 6.07) is 10.3. The monoisotopic (exact) mass is 438 g/mol. The second kappa shape index (κ2) is 8.47. The molecule has 8 heteroatoms. The molecule has 0 spiro atoms. The summed E-state index contributed by atoms with van der Waals surface area (Å²) in [7, 11) is 2.88. The van der Waals surface area contributed by atoms with Crippen molar-refractivity contribution >= 4 is 28.4 Å². The third-order valence-electron chi connectivity index (χ3n) is 5.71. The summed E-state index contributed by atoms with van der Waals surface area (Å²) >= 11 is 0. The molecule has 0 radical (unpaired) electrons. The lowest BCUT2D eigenvalue weighted by Crippen LogP contribution is -2.32. The minimum absolute atomic E-state index is 0.000245. The van der Waals surface area contributed by atoms with Gasteiger partial charge < -0.3 is 24.5 Å². The molecule has 1 saturated heterocycles. The minimum atomic E-state index is -0.880. The fourth-order valence-corrected chi connectivity index (χ4v) is 4.26. The number of nitrogens with one attached hydrogen (secondary N) is 1. The lowest BCUT2D eigenvalue weighted by Gasteiger charge is -2.25. The van der Waals surface area contributed by atoms with Crippen molar-refractivity contribution in [1.29, 1.82) is 0 Å². The highest BCUT2D eigenvalue weighted by atomic mass is 19.1. The van der Waals surface area contributed by atoms with Crippen LogP contribution in [-0.4, -0.2) is 54.1 Å². The van der Waals surface area contributed by atoms with Gasteiger partial charge in [-0.2, -0.15) is 0 Å². The number of aliphatic hydroxyl groups is 1. The SMILES string of the molecule is COCCN1C(=O)C(=O)/C(=C(/O)c2cc(F)ccc2OC)C1c1c(C)[nH]c2ccccc12. The van der Waals surface area contributed by atoms with E-state index < -0.39 is 29.3 Å². The van der Waals surface area contributed by atoms with E-state index in [1.807, 2.05) is 31.2 Å². The fraction of sp³-hybridized carbons (Fsp3) is 0.250. The van der Waals surface area contributed by atoms with Crippen LogP contribution in [0.1, 0.15) is 22.9 Å². The van der Waals surface area contributed by atoms with Crippen molar-refractivity contribution in [2.75, 3.05) is 27.4 Å². The number of fused-ring (bicyclic) bond motifs is 1. The maximum Gasteiger partial charge on any atom is 0.295 e. The Bertz CT molecular complexity index is 1250. The standard InChI is InChI=1S/C24H23FN2O5/c1-13-19(15-6-4-5-7-17(15)26-13)21-20(23(29)24(30)27(21)10-11-31-2)22(28)16-12-14(25)8-9-18(16)32-3/h4-9,12,21,26,28H,10-11H2,1-3H3/b22-20+. The molecule has 166 valence electrons. The van der Waals surface area contributed by atoms with Crippen LogP contribution < -0.4 is 4.74 Å². The number of hydrogen-bond acceptors (Lipinski definition) is 5. The zero-order valence-electron chi connectivity index (χ0n) is 17.9. The number of likely N-dealkylation sites (tertiary alicyclic amines) is 1. The van der Waals surface area contributed by atoms with Gasteiger partial charge in [-0.05, 0) is 31.2 Å². The molecule has 0 saturated carbocycles. The Hall–Kier alpha value is -3.65. The number of nitrogens with zero attached hydrogens (tertiary/aromatic N) is 1. The molecular weight excluding hydrogens is 415 g/mol. The number of aromatic nitrogens is 1. The predicted molar refractivity (Wildman–Crippen MR) is 117 cm³/mol. The van der Waals surface area contributed by atoms with Gasteiger partial charge in [0.2, 0.25) is 0 Å². The quantitative estimate of drug-likeness (QED) is 0.348. The molecule has 0 bridgehead atoms. The fourth-order valence-electron chi connectivity index (χ4n) is 4.26. The van der Waals surface area contributed by atoms with Gasteiger partial charge in [0, 0.05) is 35.8 Å². The lowest BCUT2D eigenvalue weighted by atomic mass is 9.93. The van der Waals surface area contributed by atoms with Crippen molar-refractivity contribution < 1.29 is 28.6 Å². The second-order valence-corrected chi connectivity index (χ2v) is 7.54. The summed E-state index contributed by atoms with van der Waals surface area (Å²) in [5.74, 6) is -2.52. The average Bonchev–Trinajstić information content (AvgIpc) is 3.24. The third kappa shape index (κ3) is 3.42. The number of aromatic amines is 1. The summed E-state index contributed by atoms with van der Waals surface area (Å²) in [6.45, 7) is 2.19. The molecule has 2 N–H and O–H groups in total. The Morgan fingerprint density at radius 2 is 1.94 bits per heavy atom. The Morgan fingerprint density at radius 1 is 1.19 bits per heavy atom. The molecule has 7 nitrogen and oxygen atoms in total. The van der Waals surface area contributed by atoms with Crippen molar-refractivity contribution in [2.45, 2.75) is 13.0 Å². The van der Waals surface area contributed by atoms with Crippen molar-refractivity contribution in [3.8, 4) is 5.75 Å². The Balaban J connectivity index is 2.01. The summed E-state index contributed by atoms with van der Waals surface area (Å²) < 4.78 is 24.4. The number of Topliss-reactive ketones (excluding diaryl/α,β-unsaturated/α-hetero) is 1. The van der Waals surface area contributed by atoms with Gasteiger partial charge in [-0.15, -0.1) is 0 Å². The Labute approximate surface area is 184 Å². The summed E-state index contributed by atoms with van der Waals surface area (Å²) in [4.78, 5) is 30.8. The molecule has 1 atom stereocenters. The molecule has 1 unspecified atom stereocenters. The smallest absolute Gasteiger partial charge is 0.295 e. The first kappa shape index (κ1) is 21.6. The van der Waals surface area contributed by atoms with Crippen LogP contribution in [0.3, 0.4) is 0 Å². The predicted octanol–water partition coefficient (Wildman–Crippen LogP) is 3.69. The number of methoxy groups -OCH3 is 2. The number of ether oxygens (including phenoxy) is 2. The highest BCUT2D eigenvalue weighted by Crippen LogP contribution is 2.44. The van der Waals surface area contributed by atoms with Gasteiger partial charge in [0.15, 0.2) is 0 Å². The third-order valence-corrected chi connectivity index (χ3v) is 5.71. The number of amides is 1. The largest absolute Gasteiger partial charge is 0.507 e. The number of carbonyl (C=O) groups is 2. The summed E-state index contributed by atoms with van der Waals surface area (Å²) in [6.07, 6.45) is 0. The molecule has 1 fully saturated rings. The van der Waals surface area contributed by atoms with Gasteiger partial charge >= 0.3 is 0 Å². The molecule has 4 rings (SSSR count). The van der Waals surface area contributed by atoms with Crippen LogP contribution >= 0.6 is 0 Å². The number of H-pyrrole nitrogens is 1. The summed E-state index contributed by atoms with van der Waals surface area (Å²) in [5, 5.41) is 12.0. The lowest BCUT2D eigenvalue weighted by molar-refractivity contribution is -0.140. The van der Waals surface area contributed by atoms with Crippen molar-refractivity contribution in [2.24, 2.45) is 0 Å². The van der Waals surface area contributed by atoms with E-state index >= 15 is 0 Å². The normalized spacial score (nSPS) is 18.0. The number of carbonyl (C=O) groups excluding carboxylic acids is 2. The Kier molecular flexibility index (Phi) is 5.71. The molecule has 1 amide bonds. The molecule has 1 aromatic heterocycles. The van der Waals surface area contributed by atoms with Crippen LogP contribution in [0.4, 0.5) is 4.39 Å². The van der Waals surface area contributed by atoms with Crippen molar-refractivity contribution in [3.05, 3.63) is 70.7 Å². The van der Waals surface area contributed by atoms with Gasteiger partial charge in [0.05, 0.1) is 30.9 Å². The number of aryl methyl sites for hydroxylation is 1. The van der Waals surface area contributed by atoms with Crippen LogP contribution in [0.25, 0.3) is 16.7 Å². The van der Waals surface area contributed by atoms with Crippen LogP contribution in [0.15, 0.2) is 48.0 Å². The summed E-state index contributed by atoms with van der Waals surface area (Å²) in [5.41, 5.74) is 2.15. The first-order valence-corrected chi connectivity index (χ1v) is 10.1. The van der Waals surface area contributed by atoms with E-state index in [-0.39, 0.29) is 30.0 Å². The van der Waals surface area contributed by atoms with E-state index in [1.54, 1.807) is 0 Å². The van der Waals surface area contributed by atoms with Gasteiger partial charge in [-0.1, -0.05) is 18.2 Å². The second-order valence-electron chi connectivity index (χ2n) is 7.54. The molecule has 3 aromatic rings. The zero-order valence-corrected chi connectivity index (χ0v) is 17.9. The van der Waals surface area contributed by atoms with Crippen LogP contribution in [0, 0.1) is 12.7 Å². The van der Waals surface area contributed by atoms with E-state index in [1.165, 1.54) is 31.3 Å². The molecule has 2 aromatic carbocycles. The number of para-hydroxylation sites is 1.